The lowest BCUT2D eigenvalue weighted by Crippen LogP contribution is -2.32. The van der Waals surface area contributed by atoms with Gasteiger partial charge in [-0.15, -0.1) is 0 Å². The lowest BCUT2D eigenvalue weighted by molar-refractivity contribution is -0.384. The van der Waals surface area contributed by atoms with Crippen LogP contribution in [0.15, 0.2) is 46.8 Å². The number of alkyl halides is 2. The van der Waals surface area contributed by atoms with Gasteiger partial charge in [0.25, 0.3) is 5.69 Å². The monoisotopic (exact) mass is 530 g/mol. The Labute approximate surface area is 184 Å². The molecule has 0 atom stereocenters. The van der Waals surface area contributed by atoms with Gasteiger partial charge in [-0.05, 0) is 19.4 Å². The Hall–Kier alpha value is -2.20. The summed E-state index contributed by atoms with van der Waals surface area (Å²) in [6, 6.07) is 5.86. The minimum Gasteiger partial charge on any atom is -0.461 e. The molecular formula is C19H20Br2N2O6. The van der Waals surface area contributed by atoms with Crippen molar-refractivity contribution in [3.05, 3.63) is 62.5 Å². The maximum atomic E-state index is 12.8. The molecule has 10 heteroatoms. The van der Waals surface area contributed by atoms with Gasteiger partial charge in [-0.1, -0.05) is 44.0 Å². The average Bonchev–Trinajstić information content (AvgIpc) is 2.69. The van der Waals surface area contributed by atoms with Gasteiger partial charge in [0.1, 0.15) is 13.2 Å². The second-order valence-electron chi connectivity index (χ2n) is 6.14. The van der Waals surface area contributed by atoms with E-state index in [2.05, 4.69) is 37.2 Å². The van der Waals surface area contributed by atoms with Crippen LogP contribution in [0.1, 0.15) is 25.3 Å². The van der Waals surface area contributed by atoms with Gasteiger partial charge < -0.3 is 14.8 Å². The van der Waals surface area contributed by atoms with E-state index in [0.29, 0.717) is 27.6 Å². The van der Waals surface area contributed by atoms with E-state index in [1.807, 2.05) is 0 Å². The van der Waals surface area contributed by atoms with Gasteiger partial charge in [0.2, 0.25) is 0 Å². The molecular weight excluding hydrogens is 512 g/mol. The summed E-state index contributed by atoms with van der Waals surface area (Å²) in [7, 11) is 0. The first kappa shape index (κ1) is 23.1. The first-order valence-corrected chi connectivity index (χ1v) is 10.9. The molecule has 1 N–H and O–H groups in total. The van der Waals surface area contributed by atoms with Crippen molar-refractivity contribution in [3.63, 3.8) is 0 Å². The number of nitrogens with one attached hydrogen (secondary N) is 1. The maximum Gasteiger partial charge on any atom is 0.336 e. The van der Waals surface area contributed by atoms with Crippen LogP contribution in [-0.2, 0) is 19.1 Å². The van der Waals surface area contributed by atoms with E-state index in [4.69, 9.17) is 9.47 Å². The number of non-ortho nitro benzene ring substituents is 1. The predicted molar refractivity (Wildman–Crippen MR) is 114 cm³/mol. The molecule has 2 rings (SSSR count). The van der Waals surface area contributed by atoms with Crippen LogP contribution in [0, 0.1) is 10.1 Å². The van der Waals surface area contributed by atoms with Crippen LogP contribution in [0.4, 0.5) is 5.69 Å². The number of nitrogens with zero attached hydrogens (tertiary/aromatic N) is 1. The van der Waals surface area contributed by atoms with Crippen molar-refractivity contribution in [2.45, 2.75) is 19.8 Å². The highest BCUT2D eigenvalue weighted by molar-refractivity contribution is 9.09. The van der Waals surface area contributed by atoms with Crippen LogP contribution in [0.2, 0.25) is 0 Å². The van der Waals surface area contributed by atoms with Crippen molar-refractivity contribution in [1.29, 1.82) is 0 Å². The number of nitro benzene ring substituents is 1. The highest BCUT2D eigenvalue weighted by Gasteiger charge is 2.38. The lowest BCUT2D eigenvalue weighted by atomic mass is 9.80. The first-order valence-electron chi connectivity index (χ1n) is 8.70. The molecule has 29 heavy (non-hydrogen) atoms. The molecule has 0 fully saturated rings. The molecule has 0 amide bonds. The van der Waals surface area contributed by atoms with Gasteiger partial charge in [0.15, 0.2) is 0 Å². The second-order valence-corrected chi connectivity index (χ2v) is 7.72. The van der Waals surface area contributed by atoms with E-state index >= 15 is 0 Å². The normalized spacial score (nSPS) is 14.5. The number of hydrogen-bond acceptors (Lipinski definition) is 7. The third-order valence-electron chi connectivity index (χ3n) is 4.24. The maximum absolute atomic E-state index is 12.8. The highest BCUT2D eigenvalue weighted by atomic mass is 79.9. The van der Waals surface area contributed by atoms with Crippen LogP contribution in [-0.4, -0.2) is 40.7 Å². The number of nitro groups is 1. The second kappa shape index (κ2) is 10.5. The van der Waals surface area contributed by atoms with E-state index in [9.17, 15) is 19.7 Å². The van der Waals surface area contributed by atoms with Gasteiger partial charge in [-0.25, -0.2) is 9.59 Å². The minimum absolute atomic E-state index is 0.141. The standard InChI is InChI=1S/C19H20Br2N2O6/c1-11-15(18(24)28-8-6-20)17(13-4-3-5-14(10-13)23(26)27)16(12(2)22-11)19(25)29-9-7-21/h3-5,10,17,22H,6-9H2,1-2H3. The number of carbonyl (C=O) groups excluding carboxylic acids is 2. The third-order valence-corrected chi connectivity index (χ3v) is 4.88. The Balaban J connectivity index is 2.62. The molecule has 1 heterocycles. The van der Waals surface area contributed by atoms with Crippen molar-refractivity contribution in [3.8, 4) is 0 Å². The molecule has 0 bridgehead atoms. The van der Waals surface area contributed by atoms with E-state index < -0.39 is 22.8 Å². The Morgan fingerprint density at radius 3 is 2.03 bits per heavy atom. The average molecular weight is 532 g/mol. The summed E-state index contributed by atoms with van der Waals surface area (Å²) in [5, 5.41) is 15.2. The zero-order valence-corrected chi connectivity index (χ0v) is 19.0. The third kappa shape index (κ3) is 5.45. The lowest BCUT2D eigenvalue weighted by Gasteiger charge is -2.30. The number of ether oxygens (including phenoxy) is 2. The number of allylic oxidation sites excluding steroid dienone is 2. The summed E-state index contributed by atoms with van der Waals surface area (Å²) in [6.45, 7) is 3.67. The van der Waals surface area contributed by atoms with Crippen molar-refractivity contribution in [2.24, 2.45) is 0 Å². The minimum atomic E-state index is -0.859. The topological polar surface area (TPSA) is 108 Å². The Morgan fingerprint density at radius 2 is 1.59 bits per heavy atom. The summed E-state index contributed by atoms with van der Waals surface area (Å²) in [6.07, 6.45) is 0. The molecule has 1 aromatic rings. The molecule has 0 aromatic heterocycles. The summed E-state index contributed by atoms with van der Waals surface area (Å²) in [4.78, 5) is 36.3. The highest BCUT2D eigenvalue weighted by Crippen LogP contribution is 2.40. The number of esters is 2. The van der Waals surface area contributed by atoms with Gasteiger partial charge in [0.05, 0.1) is 22.0 Å². The molecule has 0 saturated carbocycles. The first-order chi connectivity index (χ1) is 13.8. The summed E-state index contributed by atoms with van der Waals surface area (Å²) in [5.74, 6) is -2.07. The van der Waals surface area contributed by atoms with Crippen molar-refractivity contribution in [1.82, 2.24) is 5.32 Å². The number of carbonyl (C=O) groups is 2. The Kier molecular flexibility index (Phi) is 8.39. The fourth-order valence-corrected chi connectivity index (χ4v) is 3.43. The van der Waals surface area contributed by atoms with Crippen molar-refractivity contribution in [2.75, 3.05) is 23.9 Å². The van der Waals surface area contributed by atoms with E-state index in [1.54, 1.807) is 19.9 Å². The van der Waals surface area contributed by atoms with E-state index in [0.717, 1.165) is 0 Å². The van der Waals surface area contributed by atoms with Gasteiger partial charge in [-0.3, -0.25) is 10.1 Å². The zero-order chi connectivity index (χ0) is 21.6. The Bertz CT molecular complexity index is 839. The van der Waals surface area contributed by atoms with Gasteiger partial charge >= 0.3 is 11.9 Å². The number of hydrogen-bond donors (Lipinski definition) is 1. The number of halogens is 2. The quantitative estimate of drug-likeness (QED) is 0.236. The molecule has 1 aromatic carbocycles. The van der Waals surface area contributed by atoms with Gasteiger partial charge in [-0.2, -0.15) is 0 Å². The molecule has 1 aliphatic heterocycles. The molecule has 156 valence electrons. The zero-order valence-electron chi connectivity index (χ0n) is 15.9. The van der Waals surface area contributed by atoms with Crippen LogP contribution >= 0.6 is 31.9 Å². The van der Waals surface area contributed by atoms with Crippen LogP contribution in [0.5, 0.6) is 0 Å². The van der Waals surface area contributed by atoms with Crippen LogP contribution in [0.3, 0.4) is 0 Å². The fraction of sp³-hybridized carbons (Fsp3) is 0.368. The van der Waals surface area contributed by atoms with Crippen LogP contribution in [0.25, 0.3) is 0 Å². The van der Waals surface area contributed by atoms with Crippen molar-refractivity contribution >= 4 is 49.5 Å². The van der Waals surface area contributed by atoms with Crippen molar-refractivity contribution < 1.29 is 24.0 Å². The van der Waals surface area contributed by atoms with E-state index in [-0.39, 0.29) is 30.0 Å². The Morgan fingerprint density at radius 1 is 1.07 bits per heavy atom. The molecule has 0 unspecified atom stereocenters. The SMILES string of the molecule is CC1=C(C(=O)OCCBr)C(c2cccc([N+](=O)[O-])c2)C(C(=O)OCCBr)=C(C)N1. The molecule has 1 aliphatic rings. The smallest absolute Gasteiger partial charge is 0.336 e. The van der Waals surface area contributed by atoms with E-state index in [1.165, 1.54) is 18.2 Å². The summed E-state index contributed by atoms with van der Waals surface area (Å²) >= 11 is 6.41. The fourth-order valence-electron chi connectivity index (χ4n) is 3.10. The number of rotatable bonds is 8. The summed E-state index contributed by atoms with van der Waals surface area (Å²) < 4.78 is 10.6. The largest absolute Gasteiger partial charge is 0.461 e. The molecule has 8 nitrogen and oxygen atoms in total. The number of dihydropyridines is 1. The molecule has 0 spiro atoms. The molecule has 0 radical (unpaired) electrons. The molecule has 0 aliphatic carbocycles. The van der Waals surface area contributed by atoms with Gasteiger partial charge in [0, 0.05) is 34.2 Å². The summed E-state index contributed by atoms with van der Waals surface area (Å²) in [5.41, 5.74) is 1.73. The predicted octanol–water partition coefficient (Wildman–Crippen LogP) is 3.71. The molecule has 0 saturated heterocycles. The number of benzene rings is 1. The van der Waals surface area contributed by atoms with Crippen LogP contribution < -0.4 is 5.32 Å².